The highest BCUT2D eigenvalue weighted by Gasteiger charge is 2.16. The van der Waals surface area contributed by atoms with Crippen molar-refractivity contribution >= 4 is 11.6 Å². The van der Waals surface area contributed by atoms with Crippen LogP contribution >= 0.6 is 11.6 Å². The fraction of sp³-hybridized carbons (Fsp3) is 0.625. The lowest BCUT2D eigenvalue weighted by Gasteiger charge is -2.24. The molecule has 2 nitrogen and oxygen atoms in total. The van der Waals surface area contributed by atoms with Crippen LogP contribution in [-0.2, 0) is 0 Å². The Morgan fingerprint density at radius 1 is 1.16 bits per heavy atom. The van der Waals surface area contributed by atoms with Crippen LogP contribution in [0.2, 0.25) is 5.02 Å². The smallest absolute Gasteiger partial charge is 0.124 e. The van der Waals surface area contributed by atoms with Crippen molar-refractivity contribution < 1.29 is 4.74 Å². The van der Waals surface area contributed by atoms with Crippen molar-refractivity contribution in [2.24, 2.45) is 11.8 Å². The van der Waals surface area contributed by atoms with Crippen LogP contribution in [0.15, 0.2) is 18.2 Å². The topological polar surface area (TPSA) is 21.3 Å². The first kappa shape index (κ1) is 16.3. The first-order chi connectivity index (χ1) is 8.90. The molecule has 1 atom stereocenters. The average Bonchev–Trinajstić information content (AvgIpc) is 2.31. The van der Waals surface area contributed by atoms with Gasteiger partial charge < -0.3 is 10.1 Å². The van der Waals surface area contributed by atoms with Gasteiger partial charge in [0.25, 0.3) is 0 Å². The van der Waals surface area contributed by atoms with E-state index in [4.69, 9.17) is 16.3 Å². The second-order valence-electron chi connectivity index (χ2n) is 5.86. The van der Waals surface area contributed by atoms with E-state index in [1.807, 2.05) is 25.1 Å². The molecule has 0 spiro atoms. The fourth-order valence-electron chi connectivity index (χ4n) is 1.79. The number of aryl methyl sites for hydroxylation is 1. The molecule has 0 aliphatic rings. The Balaban J connectivity index is 2.64. The highest BCUT2D eigenvalue weighted by Crippen LogP contribution is 2.24. The van der Waals surface area contributed by atoms with Crippen molar-refractivity contribution in [2.45, 2.75) is 40.7 Å². The number of rotatable bonds is 7. The predicted octanol–water partition coefficient (Wildman–Crippen LogP) is 4.30. The monoisotopic (exact) mass is 283 g/mol. The summed E-state index contributed by atoms with van der Waals surface area (Å²) in [5, 5.41) is 4.18. The molecule has 0 radical (unpaired) electrons. The molecule has 1 aromatic carbocycles. The number of halogens is 1. The molecular weight excluding hydrogens is 258 g/mol. The molecule has 19 heavy (non-hydrogen) atoms. The third-order valence-corrected chi connectivity index (χ3v) is 3.31. The Labute approximate surface area is 122 Å². The molecule has 0 fully saturated rings. The molecule has 0 saturated heterocycles. The third-order valence-electron chi connectivity index (χ3n) is 3.07. The van der Waals surface area contributed by atoms with Gasteiger partial charge in [-0.1, -0.05) is 45.4 Å². The third kappa shape index (κ3) is 5.84. The van der Waals surface area contributed by atoms with Gasteiger partial charge in [-0.15, -0.1) is 0 Å². The molecule has 0 aliphatic heterocycles. The fourth-order valence-corrected chi connectivity index (χ4v) is 1.95. The summed E-state index contributed by atoms with van der Waals surface area (Å²) in [6, 6.07) is 5.79. The largest absolute Gasteiger partial charge is 0.489 e. The molecule has 1 rings (SSSR count). The average molecular weight is 284 g/mol. The van der Waals surface area contributed by atoms with Crippen molar-refractivity contribution in [3.63, 3.8) is 0 Å². The minimum atomic E-state index is 0.163. The molecule has 1 unspecified atom stereocenters. The van der Waals surface area contributed by atoms with Gasteiger partial charge in [0.1, 0.15) is 11.9 Å². The Morgan fingerprint density at radius 3 is 2.42 bits per heavy atom. The van der Waals surface area contributed by atoms with Gasteiger partial charge >= 0.3 is 0 Å². The Hall–Kier alpha value is -0.730. The molecular formula is C16H26ClNO. The maximum atomic E-state index is 6.12. The van der Waals surface area contributed by atoms with Crippen LogP contribution in [0.4, 0.5) is 0 Å². The van der Waals surface area contributed by atoms with E-state index in [9.17, 15) is 0 Å². The van der Waals surface area contributed by atoms with Gasteiger partial charge in [0.2, 0.25) is 0 Å². The van der Waals surface area contributed by atoms with Crippen LogP contribution < -0.4 is 10.1 Å². The summed E-state index contributed by atoms with van der Waals surface area (Å²) >= 11 is 6.03. The van der Waals surface area contributed by atoms with E-state index in [2.05, 4.69) is 33.0 Å². The molecule has 0 bridgehead atoms. The van der Waals surface area contributed by atoms with Gasteiger partial charge in [0.15, 0.2) is 0 Å². The zero-order chi connectivity index (χ0) is 14.4. The normalized spacial score (nSPS) is 13.1. The summed E-state index contributed by atoms with van der Waals surface area (Å²) in [4.78, 5) is 0. The zero-order valence-corrected chi connectivity index (χ0v) is 13.4. The summed E-state index contributed by atoms with van der Waals surface area (Å²) in [7, 11) is 0. The Kier molecular flexibility index (Phi) is 6.67. The van der Waals surface area contributed by atoms with E-state index in [1.165, 1.54) is 0 Å². The molecule has 0 saturated carbocycles. The van der Waals surface area contributed by atoms with Crippen LogP contribution in [-0.4, -0.2) is 19.2 Å². The van der Waals surface area contributed by atoms with Gasteiger partial charge in [0.05, 0.1) is 0 Å². The Bertz CT molecular complexity index is 390. The van der Waals surface area contributed by atoms with Crippen LogP contribution in [0.25, 0.3) is 0 Å². The van der Waals surface area contributed by atoms with E-state index >= 15 is 0 Å². The minimum absolute atomic E-state index is 0.163. The second-order valence-corrected chi connectivity index (χ2v) is 6.30. The van der Waals surface area contributed by atoms with Crippen molar-refractivity contribution in [1.82, 2.24) is 5.32 Å². The minimum Gasteiger partial charge on any atom is -0.489 e. The van der Waals surface area contributed by atoms with Crippen LogP contribution in [0.5, 0.6) is 5.75 Å². The van der Waals surface area contributed by atoms with E-state index in [0.717, 1.165) is 29.4 Å². The molecule has 0 amide bonds. The highest BCUT2D eigenvalue weighted by molar-refractivity contribution is 6.30. The number of ether oxygens (including phenoxy) is 1. The van der Waals surface area contributed by atoms with Crippen molar-refractivity contribution in [2.75, 3.05) is 13.1 Å². The van der Waals surface area contributed by atoms with Crippen molar-refractivity contribution in [1.29, 1.82) is 0 Å². The van der Waals surface area contributed by atoms with Crippen LogP contribution in [0, 0.1) is 18.8 Å². The molecule has 0 aromatic heterocycles. The lowest BCUT2D eigenvalue weighted by atomic mass is 10.1. The maximum absolute atomic E-state index is 6.12. The molecule has 0 aliphatic carbocycles. The number of benzene rings is 1. The first-order valence-electron chi connectivity index (χ1n) is 7.03. The lowest BCUT2D eigenvalue weighted by molar-refractivity contribution is 0.147. The summed E-state index contributed by atoms with van der Waals surface area (Å²) in [6.07, 6.45) is 0.163. The molecule has 108 valence electrons. The van der Waals surface area contributed by atoms with Gasteiger partial charge in [-0.25, -0.2) is 0 Å². The van der Waals surface area contributed by atoms with Crippen LogP contribution in [0.3, 0.4) is 0 Å². The van der Waals surface area contributed by atoms with Gasteiger partial charge in [-0.3, -0.25) is 0 Å². The second kappa shape index (κ2) is 7.76. The number of nitrogens with one attached hydrogen (secondary N) is 1. The van der Waals surface area contributed by atoms with Crippen molar-refractivity contribution in [3.8, 4) is 5.75 Å². The van der Waals surface area contributed by atoms with Crippen LogP contribution in [0.1, 0.15) is 33.3 Å². The van der Waals surface area contributed by atoms with Gasteiger partial charge in [0, 0.05) is 11.6 Å². The predicted molar refractivity (Wildman–Crippen MR) is 83.2 cm³/mol. The molecule has 1 N–H and O–H groups in total. The molecule has 0 heterocycles. The summed E-state index contributed by atoms with van der Waals surface area (Å²) in [5.41, 5.74) is 1.12. The SMILES string of the molecule is Cc1ccc(Cl)cc1OC(CNCC(C)C)C(C)C. The summed E-state index contributed by atoms with van der Waals surface area (Å²) in [5.74, 6) is 2.00. The van der Waals surface area contributed by atoms with E-state index in [0.29, 0.717) is 11.8 Å². The molecule has 1 aromatic rings. The summed E-state index contributed by atoms with van der Waals surface area (Å²) in [6.45, 7) is 12.7. The molecule has 3 heteroatoms. The number of hydrogen-bond acceptors (Lipinski definition) is 2. The van der Waals surface area contributed by atoms with Crippen molar-refractivity contribution in [3.05, 3.63) is 28.8 Å². The van der Waals surface area contributed by atoms with E-state index < -0.39 is 0 Å². The standard InChI is InChI=1S/C16H26ClNO/c1-11(2)9-18-10-16(12(3)4)19-15-8-14(17)7-6-13(15)5/h6-8,11-12,16,18H,9-10H2,1-5H3. The summed E-state index contributed by atoms with van der Waals surface area (Å²) < 4.78 is 6.12. The zero-order valence-electron chi connectivity index (χ0n) is 12.7. The van der Waals surface area contributed by atoms with Gasteiger partial charge in [-0.05, 0) is 43.0 Å². The highest BCUT2D eigenvalue weighted by atomic mass is 35.5. The quantitative estimate of drug-likeness (QED) is 0.806. The number of hydrogen-bond donors (Lipinski definition) is 1. The first-order valence-corrected chi connectivity index (χ1v) is 7.41. The van der Waals surface area contributed by atoms with E-state index in [-0.39, 0.29) is 6.10 Å². The maximum Gasteiger partial charge on any atom is 0.124 e. The van der Waals surface area contributed by atoms with E-state index in [1.54, 1.807) is 0 Å². The Morgan fingerprint density at radius 2 is 1.84 bits per heavy atom. The van der Waals surface area contributed by atoms with Gasteiger partial charge in [-0.2, -0.15) is 0 Å². The lowest BCUT2D eigenvalue weighted by Crippen LogP contribution is -2.37.